The third kappa shape index (κ3) is 3.49. The predicted molar refractivity (Wildman–Crippen MR) is 97.4 cm³/mol. The molecule has 3 rings (SSSR count). The molecule has 1 amide bonds. The van der Waals surface area contributed by atoms with Crippen molar-refractivity contribution in [3.63, 3.8) is 0 Å². The molecule has 24 heavy (non-hydrogen) atoms. The van der Waals surface area contributed by atoms with Gasteiger partial charge < -0.3 is 5.32 Å². The molecule has 2 aromatic carbocycles. The maximum absolute atomic E-state index is 12.6. The van der Waals surface area contributed by atoms with Gasteiger partial charge in [-0.25, -0.2) is 8.42 Å². The lowest BCUT2D eigenvalue weighted by Gasteiger charge is -2.13. The number of benzene rings is 2. The van der Waals surface area contributed by atoms with Crippen LogP contribution >= 0.6 is 11.8 Å². The zero-order valence-electron chi connectivity index (χ0n) is 13.8. The van der Waals surface area contributed by atoms with Crippen molar-refractivity contribution in [3.05, 3.63) is 53.1 Å². The van der Waals surface area contributed by atoms with E-state index in [9.17, 15) is 13.2 Å². The molecule has 0 saturated heterocycles. The van der Waals surface area contributed by atoms with Gasteiger partial charge >= 0.3 is 0 Å². The minimum Gasteiger partial charge on any atom is -0.325 e. The molecule has 1 aliphatic heterocycles. The van der Waals surface area contributed by atoms with Gasteiger partial charge in [-0.3, -0.25) is 4.79 Å². The molecule has 0 bridgehead atoms. The highest BCUT2D eigenvalue weighted by molar-refractivity contribution is 8.01. The summed E-state index contributed by atoms with van der Waals surface area (Å²) in [5, 5.41) is 2.70. The Kier molecular flexibility index (Phi) is 4.44. The minimum atomic E-state index is -3.30. The molecule has 1 N–H and O–H groups in total. The van der Waals surface area contributed by atoms with Crippen molar-refractivity contribution in [1.29, 1.82) is 0 Å². The Balaban J connectivity index is 1.79. The Labute approximate surface area is 146 Å². The molecule has 2 aromatic rings. The summed E-state index contributed by atoms with van der Waals surface area (Å²) < 4.78 is 23.4. The van der Waals surface area contributed by atoms with E-state index in [-0.39, 0.29) is 16.1 Å². The SMILES string of the molecule is Cc1ccc2c(c1)S[C@@H](C(=O)Nc1cc(S(C)(=O)=O)ccc1C)C2. The van der Waals surface area contributed by atoms with Gasteiger partial charge in [0.15, 0.2) is 9.84 Å². The van der Waals surface area contributed by atoms with E-state index in [0.717, 1.165) is 16.7 Å². The van der Waals surface area contributed by atoms with Gasteiger partial charge in [0.05, 0.1) is 10.1 Å². The number of carbonyl (C=O) groups is 1. The van der Waals surface area contributed by atoms with Gasteiger partial charge in [0.2, 0.25) is 5.91 Å². The van der Waals surface area contributed by atoms with E-state index in [1.165, 1.54) is 17.2 Å². The highest BCUT2D eigenvalue weighted by Crippen LogP contribution is 2.38. The lowest BCUT2D eigenvalue weighted by molar-refractivity contribution is -0.115. The molecular formula is C18H19NO3S2. The number of rotatable bonds is 3. The highest BCUT2D eigenvalue weighted by atomic mass is 32.2. The Morgan fingerprint density at radius 1 is 1.17 bits per heavy atom. The zero-order chi connectivity index (χ0) is 17.5. The third-order valence-electron chi connectivity index (χ3n) is 4.08. The van der Waals surface area contributed by atoms with E-state index in [1.54, 1.807) is 23.9 Å². The summed E-state index contributed by atoms with van der Waals surface area (Å²) >= 11 is 1.56. The van der Waals surface area contributed by atoms with E-state index >= 15 is 0 Å². The summed E-state index contributed by atoms with van der Waals surface area (Å²) in [6.45, 7) is 3.88. The average molecular weight is 361 g/mol. The molecule has 0 radical (unpaired) electrons. The number of hydrogen-bond acceptors (Lipinski definition) is 4. The van der Waals surface area contributed by atoms with Crippen LogP contribution < -0.4 is 5.32 Å². The first-order chi connectivity index (χ1) is 11.2. The van der Waals surface area contributed by atoms with Crippen LogP contribution in [0.4, 0.5) is 5.69 Å². The Morgan fingerprint density at radius 3 is 2.62 bits per heavy atom. The highest BCUT2D eigenvalue weighted by Gasteiger charge is 2.28. The molecule has 0 unspecified atom stereocenters. The van der Waals surface area contributed by atoms with Gasteiger partial charge in [0.25, 0.3) is 0 Å². The van der Waals surface area contributed by atoms with Crippen molar-refractivity contribution in [2.75, 3.05) is 11.6 Å². The standard InChI is InChI=1S/C18H19NO3S2/c1-11-4-6-13-9-17(23-16(13)8-11)18(20)19-15-10-14(24(3,21)22)7-5-12(15)2/h4-8,10,17H,9H2,1-3H3,(H,19,20)/t17-/m1/s1. The van der Waals surface area contributed by atoms with Crippen molar-refractivity contribution in [2.45, 2.75) is 35.3 Å². The summed E-state index contributed by atoms with van der Waals surface area (Å²) in [6.07, 6.45) is 1.85. The average Bonchev–Trinajstić information content (AvgIpc) is 2.91. The van der Waals surface area contributed by atoms with Crippen LogP contribution in [0, 0.1) is 13.8 Å². The van der Waals surface area contributed by atoms with Crippen LogP contribution in [0.15, 0.2) is 46.2 Å². The molecule has 0 aromatic heterocycles. The maximum Gasteiger partial charge on any atom is 0.238 e. The third-order valence-corrected chi connectivity index (χ3v) is 6.49. The number of thioether (sulfide) groups is 1. The minimum absolute atomic E-state index is 0.0948. The Bertz CT molecular complexity index is 920. The smallest absolute Gasteiger partial charge is 0.238 e. The summed E-state index contributed by atoms with van der Waals surface area (Å²) in [4.78, 5) is 14.0. The van der Waals surface area contributed by atoms with E-state index < -0.39 is 9.84 Å². The number of carbonyl (C=O) groups excluding carboxylic acids is 1. The first kappa shape index (κ1) is 17.0. The predicted octanol–water partition coefficient (Wildman–Crippen LogP) is 3.36. The van der Waals surface area contributed by atoms with Crippen molar-refractivity contribution in [1.82, 2.24) is 0 Å². The van der Waals surface area contributed by atoms with E-state index in [4.69, 9.17) is 0 Å². The topological polar surface area (TPSA) is 63.2 Å². The van der Waals surface area contributed by atoms with Gasteiger partial charge in [0.1, 0.15) is 0 Å². The van der Waals surface area contributed by atoms with Crippen LogP contribution in [0.1, 0.15) is 16.7 Å². The maximum atomic E-state index is 12.6. The molecule has 4 nitrogen and oxygen atoms in total. The van der Waals surface area contributed by atoms with E-state index in [1.807, 2.05) is 13.8 Å². The lowest BCUT2D eigenvalue weighted by Crippen LogP contribution is -2.25. The molecule has 6 heteroatoms. The number of aryl methyl sites for hydroxylation is 2. The second-order valence-corrected chi connectivity index (χ2v) is 9.42. The van der Waals surface area contributed by atoms with Gasteiger partial charge in [0, 0.05) is 16.8 Å². The molecule has 0 aliphatic carbocycles. The molecule has 126 valence electrons. The first-order valence-corrected chi connectivity index (χ1v) is 10.4. The van der Waals surface area contributed by atoms with Crippen LogP contribution in [0.25, 0.3) is 0 Å². The van der Waals surface area contributed by atoms with Crippen molar-refractivity contribution >= 4 is 33.2 Å². The van der Waals surface area contributed by atoms with Crippen molar-refractivity contribution in [3.8, 4) is 0 Å². The summed E-state index contributed by atoms with van der Waals surface area (Å²) in [6, 6.07) is 11.0. The van der Waals surface area contributed by atoms with Crippen LogP contribution in [-0.2, 0) is 21.1 Å². The quantitative estimate of drug-likeness (QED) is 0.910. The molecule has 0 fully saturated rings. The fourth-order valence-corrected chi connectivity index (χ4v) is 4.60. The number of nitrogens with one attached hydrogen (secondary N) is 1. The fraction of sp³-hybridized carbons (Fsp3) is 0.278. The van der Waals surface area contributed by atoms with Crippen molar-refractivity contribution < 1.29 is 13.2 Å². The van der Waals surface area contributed by atoms with Crippen LogP contribution in [-0.4, -0.2) is 25.8 Å². The summed E-state index contributed by atoms with van der Waals surface area (Å²) in [5.41, 5.74) is 3.76. The zero-order valence-corrected chi connectivity index (χ0v) is 15.4. The van der Waals surface area contributed by atoms with Gasteiger partial charge in [-0.05, 0) is 49.6 Å². The second kappa shape index (κ2) is 6.26. The molecule has 0 spiro atoms. The monoisotopic (exact) mass is 361 g/mol. The van der Waals surface area contributed by atoms with Gasteiger partial charge in [-0.1, -0.05) is 23.8 Å². The largest absolute Gasteiger partial charge is 0.325 e. The van der Waals surface area contributed by atoms with E-state index in [0.29, 0.717) is 12.1 Å². The van der Waals surface area contributed by atoms with Gasteiger partial charge in [-0.15, -0.1) is 11.8 Å². The van der Waals surface area contributed by atoms with Crippen LogP contribution in [0.5, 0.6) is 0 Å². The molecule has 1 heterocycles. The molecule has 1 aliphatic rings. The summed E-state index contributed by atoms with van der Waals surface area (Å²) in [5.74, 6) is -0.0948. The van der Waals surface area contributed by atoms with Crippen LogP contribution in [0.2, 0.25) is 0 Å². The molecule has 1 atom stereocenters. The molecule has 0 saturated carbocycles. The van der Waals surface area contributed by atoms with E-state index in [2.05, 4.69) is 23.5 Å². The number of amides is 1. The number of sulfone groups is 1. The van der Waals surface area contributed by atoms with Crippen molar-refractivity contribution in [2.24, 2.45) is 0 Å². The summed E-state index contributed by atoms with van der Waals surface area (Å²) in [7, 11) is -3.30. The molecular weight excluding hydrogens is 342 g/mol. The first-order valence-electron chi connectivity index (χ1n) is 7.62. The Morgan fingerprint density at radius 2 is 1.92 bits per heavy atom. The van der Waals surface area contributed by atoms with Gasteiger partial charge in [-0.2, -0.15) is 0 Å². The number of hydrogen-bond donors (Lipinski definition) is 1. The second-order valence-electron chi connectivity index (χ2n) is 6.16. The number of anilines is 1. The Hall–Kier alpha value is -1.79. The number of fused-ring (bicyclic) bond motifs is 1. The van der Waals surface area contributed by atoms with Crippen LogP contribution in [0.3, 0.4) is 0 Å². The fourth-order valence-electron chi connectivity index (χ4n) is 2.66. The normalized spacial score (nSPS) is 16.7. The lowest BCUT2D eigenvalue weighted by atomic mass is 10.1.